The number of benzene rings is 4. The monoisotopic (exact) mass is 416 g/mol. The molecule has 7 rings (SSSR count). The van der Waals surface area contributed by atoms with E-state index >= 15 is 8.78 Å². The molecule has 0 atom stereocenters. The van der Waals surface area contributed by atoms with Gasteiger partial charge in [0.15, 0.2) is 23.3 Å². The maximum absolute atomic E-state index is 15.7. The molecule has 0 N–H and O–H groups in total. The van der Waals surface area contributed by atoms with Crippen LogP contribution in [0.5, 0.6) is 0 Å². The zero-order chi connectivity index (χ0) is 21.5. The fourth-order valence-electron chi connectivity index (χ4n) is 5.78. The Balaban J connectivity index is 1.94. The summed E-state index contributed by atoms with van der Waals surface area (Å²) in [4.78, 5) is 0. The average molecular weight is 416 g/mol. The maximum atomic E-state index is 15.7. The SMILES string of the molecule is Cc1ccccc1C12c3ccccc3C(c3ccccc31)c1c(F)c(F)c(F)c(F)c12. The van der Waals surface area contributed by atoms with Gasteiger partial charge in [-0.2, -0.15) is 0 Å². The summed E-state index contributed by atoms with van der Waals surface area (Å²) >= 11 is 0. The van der Waals surface area contributed by atoms with Crippen LogP contribution in [0.3, 0.4) is 0 Å². The molecular formula is C27H16F4. The van der Waals surface area contributed by atoms with Gasteiger partial charge in [0, 0.05) is 17.0 Å². The summed E-state index contributed by atoms with van der Waals surface area (Å²) in [6, 6.07) is 22.3. The summed E-state index contributed by atoms with van der Waals surface area (Å²) < 4.78 is 60.1. The maximum Gasteiger partial charge on any atom is 0.197 e. The lowest BCUT2D eigenvalue weighted by atomic mass is 9.50. The molecule has 3 aliphatic carbocycles. The van der Waals surface area contributed by atoms with Crippen LogP contribution in [-0.4, -0.2) is 0 Å². The molecule has 4 heteroatoms. The third-order valence-corrected chi connectivity index (χ3v) is 6.87. The molecule has 31 heavy (non-hydrogen) atoms. The van der Waals surface area contributed by atoms with E-state index in [1.165, 1.54) is 0 Å². The topological polar surface area (TPSA) is 0 Å². The summed E-state index contributed by atoms with van der Waals surface area (Å²) in [6.45, 7) is 1.89. The van der Waals surface area contributed by atoms with Crippen molar-refractivity contribution < 1.29 is 17.6 Å². The van der Waals surface area contributed by atoms with Gasteiger partial charge in [0.1, 0.15) is 0 Å². The van der Waals surface area contributed by atoms with Crippen LogP contribution >= 0.6 is 0 Å². The molecule has 0 amide bonds. The highest BCUT2D eigenvalue weighted by atomic mass is 19.2. The largest absolute Gasteiger partial charge is 0.203 e. The minimum atomic E-state index is -1.77. The average Bonchev–Trinajstić information content (AvgIpc) is 2.81. The molecule has 4 aromatic carbocycles. The van der Waals surface area contributed by atoms with Crippen molar-refractivity contribution >= 4 is 0 Å². The Morgan fingerprint density at radius 2 is 1.06 bits per heavy atom. The van der Waals surface area contributed by atoms with Crippen molar-refractivity contribution in [3.8, 4) is 0 Å². The fraction of sp³-hybridized carbons (Fsp3) is 0.111. The Morgan fingerprint density at radius 3 is 1.65 bits per heavy atom. The van der Waals surface area contributed by atoms with Gasteiger partial charge in [-0.05, 0) is 40.3 Å². The Morgan fingerprint density at radius 1 is 0.581 bits per heavy atom. The van der Waals surface area contributed by atoms with Gasteiger partial charge in [-0.25, -0.2) is 17.6 Å². The molecule has 0 nitrogen and oxygen atoms in total. The smallest absolute Gasteiger partial charge is 0.197 e. The zero-order valence-corrected chi connectivity index (χ0v) is 16.5. The Bertz CT molecular complexity index is 1340. The first kappa shape index (κ1) is 18.4. The van der Waals surface area contributed by atoms with Gasteiger partial charge in [-0.15, -0.1) is 0 Å². The van der Waals surface area contributed by atoms with Gasteiger partial charge in [0.2, 0.25) is 0 Å². The first-order valence-electron chi connectivity index (χ1n) is 10.1. The van der Waals surface area contributed by atoms with Crippen molar-refractivity contribution in [2.24, 2.45) is 0 Å². The molecule has 4 aromatic rings. The minimum absolute atomic E-state index is 0.114. The van der Waals surface area contributed by atoms with Crippen LogP contribution in [-0.2, 0) is 5.41 Å². The standard InChI is InChI=1S/C27H16F4/c1-14-8-2-5-11-17(14)27-18-12-6-3-9-15(18)20(16-10-4-7-13-19(16)27)21-22(27)24(29)26(31)25(30)23(21)28/h2-13,20H,1H3. The molecule has 0 aliphatic heterocycles. The highest BCUT2D eigenvalue weighted by molar-refractivity contribution is 5.77. The van der Waals surface area contributed by atoms with Crippen molar-refractivity contribution in [1.82, 2.24) is 0 Å². The molecule has 0 heterocycles. The van der Waals surface area contributed by atoms with Crippen molar-refractivity contribution in [3.05, 3.63) is 141 Å². The number of hydrogen-bond acceptors (Lipinski definition) is 0. The van der Waals surface area contributed by atoms with E-state index in [4.69, 9.17) is 0 Å². The van der Waals surface area contributed by atoms with Crippen LogP contribution in [0.25, 0.3) is 0 Å². The van der Waals surface area contributed by atoms with E-state index in [1.807, 2.05) is 79.7 Å². The van der Waals surface area contributed by atoms with Crippen LogP contribution < -0.4 is 0 Å². The molecule has 152 valence electrons. The summed E-state index contributed by atoms with van der Waals surface area (Å²) in [7, 11) is 0. The number of aryl methyl sites for hydroxylation is 1. The quantitative estimate of drug-likeness (QED) is 0.158. The zero-order valence-electron chi connectivity index (χ0n) is 16.5. The lowest BCUT2D eigenvalue weighted by Gasteiger charge is -2.51. The molecule has 0 saturated carbocycles. The summed E-state index contributed by atoms with van der Waals surface area (Å²) in [5.41, 5.74) is 3.14. The first-order valence-corrected chi connectivity index (χ1v) is 10.1. The van der Waals surface area contributed by atoms with E-state index in [0.717, 1.165) is 33.4 Å². The molecular weight excluding hydrogens is 400 g/mol. The van der Waals surface area contributed by atoms with E-state index in [1.54, 1.807) is 0 Å². The molecule has 0 spiro atoms. The number of hydrogen-bond donors (Lipinski definition) is 0. The second kappa shape index (κ2) is 6.07. The predicted molar refractivity (Wildman–Crippen MR) is 110 cm³/mol. The second-order valence-electron chi connectivity index (χ2n) is 8.22. The molecule has 3 aliphatic rings. The van der Waals surface area contributed by atoms with Gasteiger partial charge in [0.05, 0.1) is 5.41 Å². The van der Waals surface area contributed by atoms with Crippen molar-refractivity contribution in [2.75, 3.05) is 0 Å². The Kier molecular flexibility index (Phi) is 3.60. The van der Waals surface area contributed by atoms with Crippen molar-refractivity contribution in [2.45, 2.75) is 18.3 Å². The van der Waals surface area contributed by atoms with E-state index in [0.29, 0.717) is 0 Å². The summed E-state index contributed by atoms with van der Waals surface area (Å²) in [5.74, 6) is -6.89. The highest BCUT2D eigenvalue weighted by Gasteiger charge is 2.56. The highest BCUT2D eigenvalue weighted by Crippen LogP contribution is 2.63. The first-order chi connectivity index (χ1) is 15.0. The third-order valence-electron chi connectivity index (χ3n) is 6.87. The Labute approximate surface area is 176 Å². The van der Waals surface area contributed by atoms with Crippen LogP contribution in [0, 0.1) is 30.2 Å². The lowest BCUT2D eigenvalue weighted by Crippen LogP contribution is -2.45. The van der Waals surface area contributed by atoms with Crippen molar-refractivity contribution in [3.63, 3.8) is 0 Å². The molecule has 0 radical (unpaired) electrons. The van der Waals surface area contributed by atoms with Gasteiger partial charge >= 0.3 is 0 Å². The van der Waals surface area contributed by atoms with Crippen LogP contribution in [0.4, 0.5) is 17.6 Å². The molecule has 0 fully saturated rings. The number of halogens is 4. The van der Waals surface area contributed by atoms with Crippen LogP contribution in [0.1, 0.15) is 50.4 Å². The number of rotatable bonds is 1. The third kappa shape index (κ3) is 2.01. The molecule has 0 unspecified atom stereocenters. The summed E-state index contributed by atoms with van der Waals surface area (Å²) in [6.07, 6.45) is 0. The van der Waals surface area contributed by atoms with Crippen molar-refractivity contribution in [1.29, 1.82) is 0 Å². The summed E-state index contributed by atoms with van der Waals surface area (Å²) in [5, 5.41) is 0. The minimum Gasteiger partial charge on any atom is -0.203 e. The molecule has 0 saturated heterocycles. The molecule has 0 aromatic heterocycles. The van der Waals surface area contributed by atoms with Crippen LogP contribution in [0.15, 0.2) is 72.8 Å². The lowest BCUT2D eigenvalue weighted by molar-refractivity contribution is 0.384. The normalized spacial score (nSPS) is 20.2. The van der Waals surface area contributed by atoms with Gasteiger partial charge in [0.25, 0.3) is 0 Å². The van der Waals surface area contributed by atoms with E-state index in [-0.39, 0.29) is 11.1 Å². The van der Waals surface area contributed by atoms with Gasteiger partial charge in [-0.1, -0.05) is 72.8 Å². The van der Waals surface area contributed by atoms with Gasteiger partial charge < -0.3 is 0 Å². The Hall–Kier alpha value is -3.40. The van der Waals surface area contributed by atoms with Gasteiger partial charge in [-0.3, -0.25) is 0 Å². The van der Waals surface area contributed by atoms with E-state index in [2.05, 4.69) is 0 Å². The van der Waals surface area contributed by atoms with E-state index in [9.17, 15) is 8.78 Å². The van der Waals surface area contributed by atoms with Crippen LogP contribution in [0.2, 0.25) is 0 Å². The predicted octanol–water partition coefficient (Wildman–Crippen LogP) is 6.74. The second-order valence-corrected chi connectivity index (χ2v) is 8.22. The fourth-order valence-corrected chi connectivity index (χ4v) is 5.78. The molecule has 2 bridgehead atoms. The van der Waals surface area contributed by atoms with E-state index < -0.39 is 34.6 Å².